The highest BCUT2D eigenvalue weighted by atomic mass is 19.1. The molecular formula is C19H17FN4O7. The summed E-state index contributed by atoms with van der Waals surface area (Å²) < 4.78 is 18.4. The molecule has 0 radical (unpaired) electrons. The maximum atomic E-state index is 13.3. The minimum atomic E-state index is -1.08. The molecule has 0 spiro atoms. The number of nitro groups is 1. The smallest absolute Gasteiger partial charge is 0.328 e. The summed E-state index contributed by atoms with van der Waals surface area (Å²) in [5.41, 5.74) is -1.65. The first-order valence-corrected chi connectivity index (χ1v) is 9.05. The van der Waals surface area contributed by atoms with E-state index in [0.717, 1.165) is 18.2 Å². The number of carbonyl (C=O) groups excluding carboxylic acids is 1. The molecule has 11 nitrogen and oxygen atoms in total. The normalized spacial score (nSPS) is 10.8. The Morgan fingerprint density at radius 3 is 2.45 bits per heavy atom. The fourth-order valence-electron chi connectivity index (χ4n) is 2.98. The Labute approximate surface area is 174 Å². The molecular weight excluding hydrogens is 415 g/mol. The molecule has 0 aliphatic carbocycles. The van der Waals surface area contributed by atoms with Gasteiger partial charge < -0.3 is 24.7 Å². The Hall–Kier alpha value is -4.22. The van der Waals surface area contributed by atoms with E-state index in [9.17, 15) is 34.6 Å². The highest BCUT2D eigenvalue weighted by molar-refractivity contribution is 6.05. The summed E-state index contributed by atoms with van der Waals surface area (Å²) in [7, 11) is 0. The molecule has 0 saturated carbocycles. The van der Waals surface area contributed by atoms with E-state index in [1.165, 1.54) is 11.0 Å². The lowest BCUT2D eigenvalue weighted by atomic mass is 10.0. The Kier molecular flexibility index (Phi) is 5.72. The van der Waals surface area contributed by atoms with E-state index < -0.39 is 45.1 Å². The number of amides is 1. The van der Waals surface area contributed by atoms with Gasteiger partial charge in [-0.15, -0.1) is 0 Å². The lowest BCUT2D eigenvalue weighted by Gasteiger charge is -2.20. The number of hydrogen-bond acceptors (Lipinski definition) is 9. The van der Waals surface area contributed by atoms with Gasteiger partial charge in [-0.3, -0.25) is 14.9 Å². The molecule has 12 heteroatoms. The van der Waals surface area contributed by atoms with E-state index in [2.05, 4.69) is 10.1 Å². The van der Waals surface area contributed by atoms with E-state index in [4.69, 9.17) is 4.52 Å². The Morgan fingerprint density at radius 2 is 1.87 bits per heavy atom. The summed E-state index contributed by atoms with van der Waals surface area (Å²) in [6, 6.07) is 4.19. The Bertz CT molecular complexity index is 1170. The van der Waals surface area contributed by atoms with Crippen LogP contribution in [0.1, 0.15) is 24.2 Å². The maximum absolute atomic E-state index is 13.3. The van der Waals surface area contributed by atoms with Crippen molar-refractivity contribution in [2.24, 2.45) is 0 Å². The number of phenolic OH excluding ortho intramolecular Hbond substituents is 3. The summed E-state index contributed by atoms with van der Waals surface area (Å²) in [6.45, 7) is 3.77. The summed E-state index contributed by atoms with van der Waals surface area (Å²) >= 11 is 0. The molecule has 1 heterocycles. The van der Waals surface area contributed by atoms with E-state index >= 15 is 0 Å². The van der Waals surface area contributed by atoms with Crippen molar-refractivity contribution in [1.29, 1.82) is 0 Å². The van der Waals surface area contributed by atoms with Gasteiger partial charge in [0.25, 0.3) is 11.8 Å². The molecule has 0 fully saturated rings. The van der Waals surface area contributed by atoms with Gasteiger partial charge in [0, 0.05) is 18.7 Å². The molecule has 0 unspecified atom stereocenters. The second-order valence-corrected chi connectivity index (χ2v) is 6.34. The van der Waals surface area contributed by atoms with Gasteiger partial charge in [0.05, 0.1) is 10.5 Å². The highest BCUT2D eigenvalue weighted by Crippen LogP contribution is 2.44. The zero-order valence-corrected chi connectivity index (χ0v) is 16.4. The van der Waals surface area contributed by atoms with Gasteiger partial charge in [-0.1, -0.05) is 5.16 Å². The molecule has 3 N–H and O–H groups in total. The second-order valence-electron chi connectivity index (χ2n) is 6.34. The minimum Gasteiger partial charge on any atom is -0.505 e. The van der Waals surface area contributed by atoms with Crippen LogP contribution in [0.4, 0.5) is 10.1 Å². The van der Waals surface area contributed by atoms with Gasteiger partial charge in [0.2, 0.25) is 11.6 Å². The van der Waals surface area contributed by atoms with Crippen LogP contribution < -0.4 is 0 Å². The molecule has 1 amide bonds. The van der Waals surface area contributed by atoms with Gasteiger partial charge in [0.15, 0.2) is 17.3 Å². The van der Waals surface area contributed by atoms with E-state index in [1.807, 2.05) is 0 Å². The molecule has 0 aliphatic rings. The van der Waals surface area contributed by atoms with Crippen LogP contribution >= 0.6 is 0 Å². The third-order valence-electron chi connectivity index (χ3n) is 4.56. The van der Waals surface area contributed by atoms with Crippen LogP contribution in [0.15, 0.2) is 28.8 Å². The minimum absolute atomic E-state index is 0.109. The predicted octanol–water partition coefficient (Wildman–Crippen LogP) is 3.05. The summed E-state index contributed by atoms with van der Waals surface area (Å²) in [4.78, 5) is 29.0. The summed E-state index contributed by atoms with van der Waals surface area (Å²) in [5, 5.41) is 44.9. The average Bonchev–Trinajstić information content (AvgIpc) is 3.22. The first kappa shape index (κ1) is 21.5. The quantitative estimate of drug-likeness (QED) is 0.302. The van der Waals surface area contributed by atoms with Crippen LogP contribution in [0.25, 0.3) is 22.8 Å². The van der Waals surface area contributed by atoms with Crippen LogP contribution in [0.5, 0.6) is 17.2 Å². The largest absolute Gasteiger partial charge is 0.505 e. The summed E-state index contributed by atoms with van der Waals surface area (Å²) in [5.74, 6) is -4.72. The molecule has 3 rings (SSSR count). The molecule has 0 aliphatic heterocycles. The van der Waals surface area contributed by atoms with Gasteiger partial charge in [-0.05, 0) is 38.1 Å². The average molecular weight is 432 g/mol. The van der Waals surface area contributed by atoms with E-state index in [-0.39, 0.29) is 35.9 Å². The Morgan fingerprint density at radius 1 is 1.19 bits per heavy atom. The fourth-order valence-corrected chi connectivity index (χ4v) is 2.98. The molecule has 2 aromatic carbocycles. The number of nitrogens with zero attached hydrogens (tertiary/aromatic N) is 4. The first-order valence-electron chi connectivity index (χ1n) is 9.05. The second kappa shape index (κ2) is 8.26. The molecule has 3 aromatic rings. The van der Waals surface area contributed by atoms with Crippen molar-refractivity contribution in [3.05, 3.63) is 45.8 Å². The number of rotatable bonds is 6. The van der Waals surface area contributed by atoms with Crippen LogP contribution in [0, 0.1) is 15.9 Å². The first-order chi connectivity index (χ1) is 14.7. The summed E-state index contributed by atoms with van der Waals surface area (Å²) in [6.07, 6.45) is 0. The number of benzene rings is 2. The number of aromatic hydroxyl groups is 3. The highest BCUT2D eigenvalue weighted by Gasteiger charge is 2.35. The Balaban J connectivity index is 2.23. The zero-order valence-electron chi connectivity index (χ0n) is 16.4. The molecule has 0 atom stereocenters. The number of phenols is 3. The van der Waals surface area contributed by atoms with Crippen molar-refractivity contribution in [3.63, 3.8) is 0 Å². The number of aromatic nitrogens is 2. The predicted molar refractivity (Wildman–Crippen MR) is 104 cm³/mol. The van der Waals surface area contributed by atoms with Crippen molar-refractivity contribution in [2.45, 2.75) is 13.8 Å². The lowest BCUT2D eigenvalue weighted by Crippen LogP contribution is -2.31. The number of nitro benzene ring substituents is 1. The van der Waals surface area contributed by atoms with Gasteiger partial charge in [0.1, 0.15) is 5.56 Å². The van der Waals surface area contributed by atoms with Crippen LogP contribution in [-0.2, 0) is 0 Å². The molecule has 0 saturated heterocycles. The fraction of sp³-hybridized carbons (Fsp3) is 0.211. The number of halogens is 1. The molecule has 0 bridgehead atoms. The van der Waals surface area contributed by atoms with Crippen molar-refractivity contribution < 1.29 is 34.0 Å². The molecule has 162 valence electrons. The van der Waals surface area contributed by atoms with E-state index in [1.54, 1.807) is 13.8 Å². The van der Waals surface area contributed by atoms with Crippen molar-refractivity contribution >= 4 is 11.6 Å². The van der Waals surface area contributed by atoms with Gasteiger partial charge in [-0.2, -0.15) is 4.98 Å². The lowest BCUT2D eigenvalue weighted by molar-refractivity contribution is -0.386. The van der Waals surface area contributed by atoms with Crippen LogP contribution in [-0.4, -0.2) is 54.3 Å². The SMILES string of the molecule is CCN(CC)C(=O)c1c(-c2nc(-c3ccc(F)c(O)c3)no2)cc(O)c(O)c1[N+](=O)[O-]. The maximum Gasteiger partial charge on any atom is 0.328 e. The van der Waals surface area contributed by atoms with Crippen molar-refractivity contribution in [2.75, 3.05) is 13.1 Å². The van der Waals surface area contributed by atoms with Gasteiger partial charge in [-0.25, -0.2) is 4.39 Å². The van der Waals surface area contributed by atoms with Crippen molar-refractivity contribution in [1.82, 2.24) is 15.0 Å². The number of carbonyl (C=O) groups is 1. The zero-order chi connectivity index (χ0) is 22.9. The third kappa shape index (κ3) is 3.82. The number of hydrogen-bond donors (Lipinski definition) is 3. The third-order valence-corrected chi connectivity index (χ3v) is 4.56. The van der Waals surface area contributed by atoms with E-state index in [0.29, 0.717) is 0 Å². The van der Waals surface area contributed by atoms with Gasteiger partial charge >= 0.3 is 5.69 Å². The molecule has 31 heavy (non-hydrogen) atoms. The molecule has 1 aromatic heterocycles. The van der Waals surface area contributed by atoms with Crippen molar-refractivity contribution in [3.8, 4) is 40.1 Å². The van der Waals surface area contributed by atoms with Crippen LogP contribution in [0.2, 0.25) is 0 Å². The topological polar surface area (TPSA) is 163 Å². The standard InChI is InChI=1S/C19H17FN4O7/c1-3-23(4-2)19(28)14-10(8-13(26)16(27)15(14)24(29)30)18-21-17(22-31-18)9-5-6-11(20)12(25)7-9/h5-8,25-27H,3-4H2,1-2H3. The monoisotopic (exact) mass is 432 g/mol. The van der Waals surface area contributed by atoms with Crippen LogP contribution in [0.3, 0.4) is 0 Å².